The topological polar surface area (TPSA) is 78.0 Å². The van der Waals surface area contributed by atoms with Crippen molar-refractivity contribution in [1.82, 2.24) is 10.2 Å². The first kappa shape index (κ1) is 12.0. The van der Waals surface area contributed by atoms with Gasteiger partial charge < -0.3 is 10.4 Å². The lowest BCUT2D eigenvalue weighted by atomic mass is 9.85. The smallest absolute Gasteiger partial charge is 0.306 e. The largest absolute Gasteiger partial charge is 0.481 e. The molecule has 0 radical (unpaired) electrons. The first-order valence-corrected chi connectivity index (χ1v) is 6.65. The number of hydrogen-bond acceptors (Lipinski definition) is 3. The van der Waals surface area contributed by atoms with Crippen molar-refractivity contribution in [3.63, 3.8) is 0 Å². The van der Waals surface area contributed by atoms with E-state index in [9.17, 15) is 4.79 Å². The SMILES string of the molecule is O=C(O)C1CCCC(Nc2cccc3cn[nH]c23)C1. The zero-order valence-electron chi connectivity index (χ0n) is 10.6. The van der Waals surface area contributed by atoms with Gasteiger partial charge in [-0.15, -0.1) is 0 Å². The second-order valence-corrected chi connectivity index (χ2v) is 5.18. The number of carbonyl (C=O) groups is 1. The van der Waals surface area contributed by atoms with E-state index in [-0.39, 0.29) is 12.0 Å². The fourth-order valence-electron chi connectivity index (χ4n) is 2.85. The first-order valence-electron chi connectivity index (χ1n) is 6.65. The average molecular weight is 259 g/mol. The number of nitrogens with one attached hydrogen (secondary N) is 2. The number of carboxylic acid groups (broad SMARTS) is 1. The summed E-state index contributed by atoms with van der Waals surface area (Å²) in [6.07, 6.45) is 5.27. The molecule has 1 aliphatic rings. The number of aliphatic carboxylic acids is 1. The van der Waals surface area contributed by atoms with Gasteiger partial charge in [0.1, 0.15) is 0 Å². The molecule has 1 aromatic carbocycles. The molecule has 1 fully saturated rings. The molecule has 5 heteroatoms. The lowest BCUT2D eigenvalue weighted by Crippen LogP contribution is -2.31. The minimum Gasteiger partial charge on any atom is -0.481 e. The number of aromatic amines is 1. The molecule has 1 saturated carbocycles. The molecule has 3 N–H and O–H groups in total. The number of benzene rings is 1. The third-order valence-corrected chi connectivity index (χ3v) is 3.86. The van der Waals surface area contributed by atoms with Crippen LogP contribution in [0.4, 0.5) is 5.69 Å². The van der Waals surface area contributed by atoms with Crippen molar-refractivity contribution in [3.05, 3.63) is 24.4 Å². The van der Waals surface area contributed by atoms with Crippen molar-refractivity contribution >= 4 is 22.6 Å². The van der Waals surface area contributed by atoms with Crippen LogP contribution < -0.4 is 5.32 Å². The van der Waals surface area contributed by atoms with Gasteiger partial charge in [-0.2, -0.15) is 5.10 Å². The van der Waals surface area contributed by atoms with Gasteiger partial charge in [-0.05, 0) is 25.3 Å². The first-order chi connectivity index (χ1) is 9.24. The Morgan fingerprint density at radius 2 is 2.32 bits per heavy atom. The van der Waals surface area contributed by atoms with Gasteiger partial charge in [0.05, 0.1) is 23.3 Å². The summed E-state index contributed by atoms with van der Waals surface area (Å²) < 4.78 is 0. The van der Waals surface area contributed by atoms with E-state index < -0.39 is 5.97 Å². The number of para-hydroxylation sites is 1. The van der Waals surface area contributed by atoms with Crippen LogP contribution in [0.1, 0.15) is 25.7 Å². The van der Waals surface area contributed by atoms with E-state index in [0.717, 1.165) is 35.9 Å². The quantitative estimate of drug-likeness (QED) is 0.791. The molecule has 19 heavy (non-hydrogen) atoms. The van der Waals surface area contributed by atoms with Crippen LogP contribution in [0.25, 0.3) is 10.9 Å². The Morgan fingerprint density at radius 3 is 3.16 bits per heavy atom. The summed E-state index contributed by atoms with van der Waals surface area (Å²) in [6, 6.07) is 6.22. The van der Waals surface area contributed by atoms with Crippen LogP contribution in [-0.4, -0.2) is 27.3 Å². The molecular weight excluding hydrogens is 242 g/mol. The van der Waals surface area contributed by atoms with Gasteiger partial charge in [-0.1, -0.05) is 18.6 Å². The molecule has 1 heterocycles. The molecule has 2 atom stereocenters. The number of H-pyrrole nitrogens is 1. The van der Waals surface area contributed by atoms with Crippen molar-refractivity contribution in [2.24, 2.45) is 5.92 Å². The summed E-state index contributed by atoms with van der Waals surface area (Å²) in [4.78, 5) is 11.1. The van der Waals surface area contributed by atoms with Gasteiger partial charge in [0, 0.05) is 11.4 Å². The number of carboxylic acids is 1. The molecule has 2 aromatic rings. The van der Waals surface area contributed by atoms with E-state index in [2.05, 4.69) is 15.5 Å². The van der Waals surface area contributed by atoms with Crippen LogP contribution >= 0.6 is 0 Å². The fraction of sp³-hybridized carbons (Fsp3) is 0.429. The highest BCUT2D eigenvalue weighted by molar-refractivity contribution is 5.90. The Kier molecular flexibility index (Phi) is 3.11. The molecular formula is C14H17N3O2. The third-order valence-electron chi connectivity index (χ3n) is 3.86. The minimum absolute atomic E-state index is 0.216. The summed E-state index contributed by atoms with van der Waals surface area (Å²) in [5, 5.41) is 20.7. The van der Waals surface area contributed by atoms with E-state index in [1.165, 1.54) is 0 Å². The van der Waals surface area contributed by atoms with E-state index >= 15 is 0 Å². The summed E-state index contributed by atoms with van der Waals surface area (Å²) in [6.45, 7) is 0. The average Bonchev–Trinajstić information content (AvgIpc) is 2.88. The van der Waals surface area contributed by atoms with Crippen molar-refractivity contribution in [2.45, 2.75) is 31.7 Å². The summed E-state index contributed by atoms with van der Waals surface area (Å²) >= 11 is 0. The normalized spacial score (nSPS) is 23.4. The fourth-order valence-corrected chi connectivity index (χ4v) is 2.85. The zero-order chi connectivity index (χ0) is 13.2. The van der Waals surface area contributed by atoms with Crippen molar-refractivity contribution in [2.75, 3.05) is 5.32 Å². The van der Waals surface area contributed by atoms with E-state index in [0.29, 0.717) is 6.42 Å². The molecule has 3 rings (SSSR count). The standard InChI is InChI=1S/C14H17N3O2/c18-14(19)9-3-1-5-11(7-9)16-12-6-2-4-10-8-15-17-13(10)12/h2,4,6,8-9,11,16H,1,3,5,7H2,(H,15,17)(H,18,19). The van der Waals surface area contributed by atoms with Gasteiger partial charge in [0.25, 0.3) is 0 Å². The molecule has 1 aromatic heterocycles. The maximum atomic E-state index is 11.1. The predicted octanol–water partition coefficient (Wildman–Crippen LogP) is 2.62. The third kappa shape index (κ3) is 2.41. The monoisotopic (exact) mass is 259 g/mol. The molecule has 0 aliphatic heterocycles. The van der Waals surface area contributed by atoms with Crippen LogP contribution in [0, 0.1) is 5.92 Å². The zero-order valence-corrected chi connectivity index (χ0v) is 10.6. The number of aromatic nitrogens is 2. The highest BCUT2D eigenvalue weighted by Crippen LogP contribution is 2.29. The number of anilines is 1. The predicted molar refractivity (Wildman–Crippen MR) is 73.1 cm³/mol. The Hall–Kier alpha value is -2.04. The second kappa shape index (κ2) is 4.91. The van der Waals surface area contributed by atoms with Crippen molar-refractivity contribution in [1.29, 1.82) is 0 Å². The van der Waals surface area contributed by atoms with E-state index in [1.54, 1.807) is 6.20 Å². The van der Waals surface area contributed by atoms with Crippen molar-refractivity contribution in [3.8, 4) is 0 Å². The highest BCUT2D eigenvalue weighted by atomic mass is 16.4. The number of hydrogen-bond donors (Lipinski definition) is 3. The van der Waals surface area contributed by atoms with Gasteiger partial charge >= 0.3 is 5.97 Å². The van der Waals surface area contributed by atoms with Gasteiger partial charge in [0.15, 0.2) is 0 Å². The van der Waals surface area contributed by atoms with Crippen LogP contribution in [0.3, 0.4) is 0 Å². The Morgan fingerprint density at radius 1 is 1.42 bits per heavy atom. The maximum Gasteiger partial charge on any atom is 0.306 e. The highest BCUT2D eigenvalue weighted by Gasteiger charge is 2.27. The van der Waals surface area contributed by atoms with E-state index in [1.807, 2.05) is 18.2 Å². The van der Waals surface area contributed by atoms with Crippen LogP contribution in [0.15, 0.2) is 24.4 Å². The van der Waals surface area contributed by atoms with Crippen LogP contribution in [-0.2, 0) is 4.79 Å². The Bertz CT molecular complexity index is 593. The molecule has 0 saturated heterocycles. The number of fused-ring (bicyclic) bond motifs is 1. The minimum atomic E-state index is -0.675. The van der Waals surface area contributed by atoms with Gasteiger partial charge in [-0.3, -0.25) is 9.89 Å². The van der Waals surface area contributed by atoms with E-state index in [4.69, 9.17) is 5.11 Å². The second-order valence-electron chi connectivity index (χ2n) is 5.18. The summed E-state index contributed by atoms with van der Waals surface area (Å²) in [5.41, 5.74) is 1.99. The molecule has 2 unspecified atom stereocenters. The maximum absolute atomic E-state index is 11.1. The summed E-state index contributed by atoms with van der Waals surface area (Å²) in [5.74, 6) is -0.890. The molecule has 5 nitrogen and oxygen atoms in total. The number of rotatable bonds is 3. The lowest BCUT2D eigenvalue weighted by molar-refractivity contribution is -0.142. The summed E-state index contributed by atoms with van der Waals surface area (Å²) in [7, 11) is 0. The molecule has 0 bridgehead atoms. The Labute approximate surface area is 111 Å². The van der Waals surface area contributed by atoms with Crippen LogP contribution in [0.2, 0.25) is 0 Å². The number of nitrogens with zero attached hydrogens (tertiary/aromatic N) is 1. The Balaban J connectivity index is 1.77. The van der Waals surface area contributed by atoms with Crippen molar-refractivity contribution < 1.29 is 9.90 Å². The van der Waals surface area contributed by atoms with Crippen LogP contribution in [0.5, 0.6) is 0 Å². The van der Waals surface area contributed by atoms with Gasteiger partial charge in [0.2, 0.25) is 0 Å². The lowest BCUT2D eigenvalue weighted by Gasteiger charge is -2.28. The molecule has 0 amide bonds. The molecule has 0 spiro atoms. The van der Waals surface area contributed by atoms with Gasteiger partial charge in [-0.25, -0.2) is 0 Å². The molecule has 100 valence electrons. The molecule has 1 aliphatic carbocycles.